The number of hydrogen-bond acceptors (Lipinski definition) is 1. The van der Waals surface area contributed by atoms with Crippen LogP contribution in [0.5, 0.6) is 0 Å². The SMILES string of the molecule is OC(CC1CC=CCC1)C1CC12CC2. The molecule has 1 nitrogen and oxygen atoms in total. The van der Waals surface area contributed by atoms with E-state index in [1.807, 2.05) is 0 Å². The van der Waals surface area contributed by atoms with Gasteiger partial charge < -0.3 is 5.11 Å². The van der Waals surface area contributed by atoms with Crippen LogP contribution in [0.15, 0.2) is 12.2 Å². The molecule has 78 valence electrons. The zero-order valence-electron chi connectivity index (χ0n) is 8.78. The molecule has 0 bridgehead atoms. The van der Waals surface area contributed by atoms with Gasteiger partial charge in [0.2, 0.25) is 0 Å². The van der Waals surface area contributed by atoms with Crippen LogP contribution in [0.4, 0.5) is 0 Å². The minimum absolute atomic E-state index is 0.0222. The molecule has 3 rings (SSSR count). The molecule has 0 radical (unpaired) electrons. The van der Waals surface area contributed by atoms with Crippen molar-refractivity contribution in [3.63, 3.8) is 0 Å². The van der Waals surface area contributed by atoms with Gasteiger partial charge in [-0.15, -0.1) is 0 Å². The van der Waals surface area contributed by atoms with Crippen LogP contribution in [-0.4, -0.2) is 11.2 Å². The second kappa shape index (κ2) is 3.10. The minimum atomic E-state index is 0.0222. The topological polar surface area (TPSA) is 20.2 Å². The van der Waals surface area contributed by atoms with Crippen LogP contribution in [0.2, 0.25) is 0 Å². The smallest absolute Gasteiger partial charge is 0.0576 e. The Morgan fingerprint density at radius 2 is 2.21 bits per heavy atom. The molecule has 3 aliphatic rings. The Morgan fingerprint density at radius 1 is 1.36 bits per heavy atom. The maximum Gasteiger partial charge on any atom is 0.0576 e. The molecule has 0 aromatic heterocycles. The van der Waals surface area contributed by atoms with Gasteiger partial charge in [0, 0.05) is 0 Å². The van der Waals surface area contributed by atoms with E-state index in [0.717, 1.165) is 12.3 Å². The Bertz CT molecular complexity index is 252. The first-order valence-electron chi connectivity index (χ1n) is 6.13. The fourth-order valence-corrected chi connectivity index (χ4v) is 3.23. The van der Waals surface area contributed by atoms with E-state index in [1.165, 1.54) is 38.5 Å². The lowest BCUT2D eigenvalue weighted by Crippen LogP contribution is -2.17. The number of aliphatic hydroxyl groups is 1. The lowest BCUT2D eigenvalue weighted by Gasteiger charge is -2.21. The first kappa shape index (κ1) is 8.96. The third-order valence-electron chi connectivity index (χ3n) is 4.56. The normalized spacial score (nSPS) is 39.8. The van der Waals surface area contributed by atoms with Gasteiger partial charge in [0.25, 0.3) is 0 Å². The van der Waals surface area contributed by atoms with Crippen molar-refractivity contribution in [2.24, 2.45) is 17.3 Å². The number of allylic oxidation sites excluding steroid dienone is 2. The highest BCUT2D eigenvalue weighted by Gasteiger charge is 2.64. The van der Waals surface area contributed by atoms with Crippen molar-refractivity contribution in [2.75, 3.05) is 0 Å². The maximum absolute atomic E-state index is 10.1. The highest BCUT2D eigenvalue weighted by atomic mass is 16.3. The highest BCUT2D eigenvalue weighted by molar-refractivity contribution is 5.14. The minimum Gasteiger partial charge on any atom is -0.393 e. The van der Waals surface area contributed by atoms with E-state index in [9.17, 15) is 5.11 Å². The average Bonchev–Trinajstić information content (AvgIpc) is 3.09. The Balaban J connectivity index is 1.49. The predicted octanol–water partition coefficient (Wildman–Crippen LogP) is 2.89. The first-order valence-corrected chi connectivity index (χ1v) is 6.13. The molecule has 3 unspecified atom stereocenters. The van der Waals surface area contributed by atoms with E-state index in [2.05, 4.69) is 12.2 Å². The Hall–Kier alpha value is -0.300. The van der Waals surface area contributed by atoms with E-state index >= 15 is 0 Å². The Kier molecular flexibility index (Phi) is 1.98. The van der Waals surface area contributed by atoms with Gasteiger partial charge in [0.05, 0.1) is 6.10 Å². The Labute approximate surface area is 86.2 Å². The summed E-state index contributed by atoms with van der Waals surface area (Å²) in [5.74, 6) is 1.46. The molecule has 0 aromatic rings. The lowest BCUT2D eigenvalue weighted by atomic mass is 9.88. The van der Waals surface area contributed by atoms with E-state index in [4.69, 9.17) is 0 Å². The summed E-state index contributed by atoms with van der Waals surface area (Å²) < 4.78 is 0. The largest absolute Gasteiger partial charge is 0.393 e. The van der Waals surface area contributed by atoms with Gasteiger partial charge in [-0.3, -0.25) is 0 Å². The van der Waals surface area contributed by atoms with Crippen molar-refractivity contribution in [2.45, 2.75) is 51.0 Å². The first-order chi connectivity index (χ1) is 6.80. The average molecular weight is 192 g/mol. The van der Waals surface area contributed by atoms with Gasteiger partial charge in [0.1, 0.15) is 0 Å². The summed E-state index contributed by atoms with van der Waals surface area (Å²) in [5, 5.41) is 10.1. The molecule has 0 heterocycles. The predicted molar refractivity (Wildman–Crippen MR) is 56.9 cm³/mol. The summed E-state index contributed by atoms with van der Waals surface area (Å²) in [6, 6.07) is 0. The van der Waals surface area contributed by atoms with Crippen molar-refractivity contribution in [3.8, 4) is 0 Å². The van der Waals surface area contributed by atoms with Gasteiger partial charge >= 0.3 is 0 Å². The Morgan fingerprint density at radius 3 is 2.79 bits per heavy atom. The second-order valence-corrected chi connectivity index (χ2v) is 5.63. The van der Waals surface area contributed by atoms with Gasteiger partial charge in [-0.25, -0.2) is 0 Å². The van der Waals surface area contributed by atoms with Crippen molar-refractivity contribution < 1.29 is 5.11 Å². The van der Waals surface area contributed by atoms with Crippen LogP contribution in [0.1, 0.15) is 44.9 Å². The van der Waals surface area contributed by atoms with Gasteiger partial charge in [-0.2, -0.15) is 0 Å². The zero-order valence-corrected chi connectivity index (χ0v) is 8.78. The molecule has 1 spiro atoms. The maximum atomic E-state index is 10.1. The van der Waals surface area contributed by atoms with Crippen LogP contribution in [0.3, 0.4) is 0 Å². The molecular weight excluding hydrogens is 172 g/mol. The molecule has 0 aliphatic heterocycles. The van der Waals surface area contributed by atoms with Gasteiger partial charge in [-0.05, 0) is 62.2 Å². The molecule has 0 saturated heterocycles. The molecule has 3 aliphatic carbocycles. The molecule has 0 amide bonds. The fourth-order valence-electron chi connectivity index (χ4n) is 3.23. The molecule has 2 saturated carbocycles. The van der Waals surface area contributed by atoms with E-state index in [-0.39, 0.29) is 6.10 Å². The summed E-state index contributed by atoms with van der Waals surface area (Å²) in [4.78, 5) is 0. The van der Waals surface area contributed by atoms with E-state index in [0.29, 0.717) is 11.3 Å². The number of hydrogen-bond donors (Lipinski definition) is 1. The quantitative estimate of drug-likeness (QED) is 0.682. The van der Waals surface area contributed by atoms with Crippen LogP contribution in [-0.2, 0) is 0 Å². The fraction of sp³-hybridized carbons (Fsp3) is 0.846. The van der Waals surface area contributed by atoms with Crippen LogP contribution < -0.4 is 0 Å². The summed E-state index contributed by atoms with van der Waals surface area (Å²) in [6.45, 7) is 0. The molecule has 0 aromatic carbocycles. The van der Waals surface area contributed by atoms with Gasteiger partial charge in [0.15, 0.2) is 0 Å². The monoisotopic (exact) mass is 192 g/mol. The van der Waals surface area contributed by atoms with Gasteiger partial charge in [-0.1, -0.05) is 12.2 Å². The summed E-state index contributed by atoms with van der Waals surface area (Å²) in [6.07, 6.45) is 13.5. The summed E-state index contributed by atoms with van der Waals surface area (Å²) >= 11 is 0. The molecule has 3 atom stereocenters. The highest BCUT2D eigenvalue weighted by Crippen LogP contribution is 2.72. The molecular formula is C13H20O. The number of rotatable bonds is 3. The van der Waals surface area contributed by atoms with Crippen molar-refractivity contribution in [1.82, 2.24) is 0 Å². The number of aliphatic hydroxyl groups excluding tert-OH is 1. The standard InChI is InChI=1S/C13H20O/c14-12(11-9-13(11)6-7-13)8-10-4-2-1-3-5-10/h1-2,10-12,14H,3-9H2. The lowest BCUT2D eigenvalue weighted by molar-refractivity contribution is 0.111. The summed E-state index contributed by atoms with van der Waals surface area (Å²) in [7, 11) is 0. The van der Waals surface area contributed by atoms with E-state index in [1.54, 1.807) is 0 Å². The third-order valence-corrected chi connectivity index (χ3v) is 4.56. The summed E-state index contributed by atoms with van der Waals surface area (Å²) in [5.41, 5.74) is 0.671. The van der Waals surface area contributed by atoms with Crippen LogP contribution in [0, 0.1) is 17.3 Å². The molecule has 1 heteroatoms. The molecule has 14 heavy (non-hydrogen) atoms. The molecule has 2 fully saturated rings. The van der Waals surface area contributed by atoms with Crippen molar-refractivity contribution >= 4 is 0 Å². The van der Waals surface area contributed by atoms with Crippen molar-refractivity contribution in [3.05, 3.63) is 12.2 Å². The second-order valence-electron chi connectivity index (χ2n) is 5.63. The van der Waals surface area contributed by atoms with Crippen LogP contribution in [0.25, 0.3) is 0 Å². The molecule has 1 N–H and O–H groups in total. The van der Waals surface area contributed by atoms with Crippen LogP contribution >= 0.6 is 0 Å². The van der Waals surface area contributed by atoms with Crippen molar-refractivity contribution in [1.29, 1.82) is 0 Å². The third kappa shape index (κ3) is 1.52. The van der Waals surface area contributed by atoms with E-state index < -0.39 is 0 Å². The zero-order chi connectivity index (χ0) is 9.60.